The minimum absolute atomic E-state index is 0.255. The number of hydrogen-bond acceptors (Lipinski definition) is 4. The second-order valence-electron chi connectivity index (χ2n) is 5.48. The van der Waals surface area contributed by atoms with E-state index in [0.29, 0.717) is 25.9 Å². The molecule has 0 rings (SSSR count). The van der Waals surface area contributed by atoms with Crippen molar-refractivity contribution >= 4 is 0 Å². The molecule has 0 amide bonds. The fourth-order valence-corrected chi connectivity index (χ4v) is 1.99. The minimum Gasteiger partial charge on any atom is -0.379 e. The molecule has 0 aliphatic heterocycles. The van der Waals surface area contributed by atoms with Crippen LogP contribution in [0, 0.1) is 11.3 Å². The van der Waals surface area contributed by atoms with E-state index in [1.165, 1.54) is 0 Å². The number of hydrogen-bond donors (Lipinski definition) is 1. The van der Waals surface area contributed by atoms with Crippen LogP contribution in [0.3, 0.4) is 0 Å². The Balaban J connectivity index is 3.80. The van der Waals surface area contributed by atoms with E-state index in [0.717, 1.165) is 19.3 Å². The molecule has 0 saturated carbocycles. The summed E-state index contributed by atoms with van der Waals surface area (Å²) in [5.74, 6) is 0. The third-order valence-corrected chi connectivity index (χ3v) is 2.95. The Morgan fingerprint density at radius 1 is 1.16 bits per heavy atom. The van der Waals surface area contributed by atoms with Gasteiger partial charge in [-0.2, -0.15) is 5.26 Å². The number of nitrogens with zero attached hydrogens (tertiary/aromatic N) is 1. The van der Waals surface area contributed by atoms with Crippen molar-refractivity contribution in [2.75, 3.05) is 19.8 Å². The zero-order chi connectivity index (χ0) is 14.7. The summed E-state index contributed by atoms with van der Waals surface area (Å²) in [4.78, 5) is 0. The smallest absolute Gasteiger partial charge is 0.106 e. The van der Waals surface area contributed by atoms with E-state index in [9.17, 15) is 5.26 Å². The van der Waals surface area contributed by atoms with Crippen LogP contribution in [0.25, 0.3) is 0 Å². The van der Waals surface area contributed by atoms with Gasteiger partial charge in [0.1, 0.15) is 5.54 Å². The van der Waals surface area contributed by atoms with Crippen molar-refractivity contribution in [3.63, 3.8) is 0 Å². The van der Waals surface area contributed by atoms with Gasteiger partial charge in [0.2, 0.25) is 0 Å². The van der Waals surface area contributed by atoms with E-state index in [4.69, 9.17) is 9.47 Å². The SMILES string of the molecule is CCC(C#N)(CCCOCCOC(C)C)NC(C)C. The Labute approximate surface area is 118 Å². The van der Waals surface area contributed by atoms with E-state index in [2.05, 4.69) is 32.2 Å². The second kappa shape index (κ2) is 10.2. The quantitative estimate of drug-likeness (QED) is 0.587. The summed E-state index contributed by atoms with van der Waals surface area (Å²) < 4.78 is 10.9. The average Bonchev–Trinajstić information content (AvgIpc) is 2.35. The van der Waals surface area contributed by atoms with Gasteiger partial charge in [-0.05, 0) is 47.0 Å². The maximum atomic E-state index is 9.35. The molecule has 112 valence electrons. The fraction of sp³-hybridized carbons (Fsp3) is 0.933. The molecule has 0 aliphatic carbocycles. The highest BCUT2D eigenvalue weighted by Crippen LogP contribution is 2.17. The Kier molecular flexibility index (Phi) is 9.85. The van der Waals surface area contributed by atoms with Gasteiger partial charge >= 0.3 is 0 Å². The standard InChI is InChI=1S/C15H30N2O2/c1-6-15(12-16,17-13(2)3)8-7-9-18-10-11-19-14(4)5/h13-14,17H,6-11H2,1-5H3. The van der Waals surface area contributed by atoms with Crippen LogP contribution < -0.4 is 5.32 Å². The van der Waals surface area contributed by atoms with Crippen LogP contribution >= 0.6 is 0 Å². The summed E-state index contributed by atoms with van der Waals surface area (Å²) in [6.07, 6.45) is 2.79. The van der Waals surface area contributed by atoms with Gasteiger partial charge in [-0.3, -0.25) is 5.32 Å². The molecular weight excluding hydrogens is 240 g/mol. The van der Waals surface area contributed by atoms with E-state index in [1.54, 1.807) is 0 Å². The average molecular weight is 270 g/mol. The topological polar surface area (TPSA) is 54.3 Å². The van der Waals surface area contributed by atoms with Crippen molar-refractivity contribution in [1.29, 1.82) is 5.26 Å². The predicted octanol–water partition coefficient (Wildman–Crippen LogP) is 2.88. The maximum Gasteiger partial charge on any atom is 0.106 e. The monoisotopic (exact) mass is 270 g/mol. The fourth-order valence-electron chi connectivity index (χ4n) is 1.99. The molecule has 1 unspecified atom stereocenters. The molecule has 0 aliphatic rings. The lowest BCUT2D eigenvalue weighted by Gasteiger charge is -2.29. The zero-order valence-corrected chi connectivity index (χ0v) is 13.2. The van der Waals surface area contributed by atoms with E-state index >= 15 is 0 Å². The summed E-state index contributed by atoms with van der Waals surface area (Å²) in [5, 5.41) is 12.7. The molecule has 19 heavy (non-hydrogen) atoms. The molecule has 0 heterocycles. The Morgan fingerprint density at radius 3 is 2.32 bits per heavy atom. The molecular formula is C15H30N2O2. The summed E-state index contributed by atoms with van der Waals surface area (Å²) in [6.45, 7) is 12.2. The van der Waals surface area contributed by atoms with Gasteiger partial charge in [0.15, 0.2) is 0 Å². The first-order chi connectivity index (χ1) is 8.95. The normalized spacial score (nSPS) is 14.6. The first kappa shape index (κ1) is 18.4. The Hall–Kier alpha value is -0.630. The molecule has 0 aromatic carbocycles. The molecule has 0 radical (unpaired) electrons. The highest BCUT2D eigenvalue weighted by atomic mass is 16.5. The van der Waals surface area contributed by atoms with E-state index < -0.39 is 5.54 Å². The van der Waals surface area contributed by atoms with Crippen LogP contribution in [0.4, 0.5) is 0 Å². The van der Waals surface area contributed by atoms with Gasteiger partial charge in [0.25, 0.3) is 0 Å². The highest BCUT2D eigenvalue weighted by molar-refractivity contribution is 5.06. The van der Waals surface area contributed by atoms with Gasteiger partial charge in [0, 0.05) is 12.6 Å². The number of ether oxygens (including phenoxy) is 2. The molecule has 4 heteroatoms. The van der Waals surface area contributed by atoms with Gasteiger partial charge < -0.3 is 9.47 Å². The van der Waals surface area contributed by atoms with Crippen LogP contribution in [0.5, 0.6) is 0 Å². The number of nitrogens with one attached hydrogen (secondary N) is 1. The van der Waals surface area contributed by atoms with Crippen molar-refractivity contribution in [2.24, 2.45) is 0 Å². The van der Waals surface area contributed by atoms with E-state index in [-0.39, 0.29) is 6.10 Å². The second-order valence-corrected chi connectivity index (χ2v) is 5.48. The van der Waals surface area contributed by atoms with Gasteiger partial charge in [-0.1, -0.05) is 6.92 Å². The molecule has 1 N–H and O–H groups in total. The van der Waals surface area contributed by atoms with Crippen molar-refractivity contribution in [3.05, 3.63) is 0 Å². The summed E-state index contributed by atoms with van der Waals surface area (Å²) in [5.41, 5.74) is -0.411. The maximum absolute atomic E-state index is 9.35. The zero-order valence-electron chi connectivity index (χ0n) is 13.2. The predicted molar refractivity (Wildman–Crippen MR) is 78.0 cm³/mol. The van der Waals surface area contributed by atoms with Crippen molar-refractivity contribution in [2.45, 2.75) is 71.6 Å². The van der Waals surface area contributed by atoms with Gasteiger partial charge in [-0.25, -0.2) is 0 Å². The lowest BCUT2D eigenvalue weighted by molar-refractivity contribution is 0.0178. The molecule has 0 bridgehead atoms. The molecule has 0 saturated heterocycles. The van der Waals surface area contributed by atoms with E-state index in [1.807, 2.05) is 13.8 Å². The van der Waals surface area contributed by atoms with Crippen molar-refractivity contribution in [3.8, 4) is 6.07 Å². The number of nitriles is 1. The first-order valence-electron chi connectivity index (χ1n) is 7.34. The largest absolute Gasteiger partial charge is 0.379 e. The highest BCUT2D eigenvalue weighted by Gasteiger charge is 2.27. The van der Waals surface area contributed by atoms with Crippen LogP contribution in [0.1, 0.15) is 53.9 Å². The van der Waals surface area contributed by atoms with Crippen LogP contribution in [-0.4, -0.2) is 37.5 Å². The minimum atomic E-state index is -0.411. The third-order valence-electron chi connectivity index (χ3n) is 2.95. The molecule has 0 aromatic heterocycles. The summed E-state index contributed by atoms with van der Waals surface area (Å²) in [6, 6.07) is 2.74. The summed E-state index contributed by atoms with van der Waals surface area (Å²) >= 11 is 0. The Morgan fingerprint density at radius 2 is 1.84 bits per heavy atom. The van der Waals surface area contributed by atoms with Crippen molar-refractivity contribution in [1.82, 2.24) is 5.32 Å². The van der Waals surface area contributed by atoms with Gasteiger partial charge in [-0.15, -0.1) is 0 Å². The molecule has 0 fully saturated rings. The first-order valence-corrected chi connectivity index (χ1v) is 7.34. The summed E-state index contributed by atoms with van der Waals surface area (Å²) in [7, 11) is 0. The lowest BCUT2D eigenvalue weighted by atomic mass is 9.91. The molecule has 1 atom stereocenters. The molecule has 0 aromatic rings. The number of rotatable bonds is 11. The lowest BCUT2D eigenvalue weighted by Crippen LogP contribution is -2.47. The van der Waals surface area contributed by atoms with Crippen molar-refractivity contribution < 1.29 is 9.47 Å². The van der Waals surface area contributed by atoms with Crippen LogP contribution in [-0.2, 0) is 9.47 Å². The third kappa shape index (κ3) is 8.99. The molecule has 4 nitrogen and oxygen atoms in total. The molecule has 0 spiro atoms. The van der Waals surface area contributed by atoms with Crippen LogP contribution in [0.2, 0.25) is 0 Å². The van der Waals surface area contributed by atoms with Crippen LogP contribution in [0.15, 0.2) is 0 Å². The Bertz CT molecular complexity index is 261. The van der Waals surface area contributed by atoms with Gasteiger partial charge in [0.05, 0.1) is 25.4 Å².